The Bertz CT molecular complexity index is 219. The third-order valence-electron chi connectivity index (χ3n) is 2.08. The molecule has 1 N–H and O–H groups in total. The fourth-order valence-electron chi connectivity index (χ4n) is 0.736. The lowest BCUT2D eigenvalue weighted by Gasteiger charge is -1.99. The fourth-order valence-corrected chi connectivity index (χ4v) is 0.736. The van der Waals surface area contributed by atoms with Crippen molar-refractivity contribution in [3.05, 3.63) is 29.3 Å². The predicted molar refractivity (Wildman–Crippen MR) is 58.2 cm³/mol. The summed E-state index contributed by atoms with van der Waals surface area (Å²) in [5.41, 5.74) is 2.10. The van der Waals surface area contributed by atoms with Gasteiger partial charge in [-0.3, -0.25) is 0 Å². The number of phenols is 1. The summed E-state index contributed by atoms with van der Waals surface area (Å²) in [6.07, 6.45) is 2.64. The van der Waals surface area contributed by atoms with E-state index >= 15 is 0 Å². The second kappa shape index (κ2) is 6.53. The first-order chi connectivity index (χ1) is 6.13. The molecule has 0 radical (unpaired) electrons. The van der Waals surface area contributed by atoms with Gasteiger partial charge in [0, 0.05) is 0 Å². The maximum atomic E-state index is 9.10. The molecule has 0 spiro atoms. The van der Waals surface area contributed by atoms with Crippen LogP contribution in [0.1, 0.15) is 37.8 Å². The van der Waals surface area contributed by atoms with E-state index < -0.39 is 0 Å². The molecule has 1 aromatic rings. The van der Waals surface area contributed by atoms with E-state index in [0.29, 0.717) is 5.75 Å². The molecule has 0 aromatic heterocycles. The van der Waals surface area contributed by atoms with E-state index in [2.05, 4.69) is 13.8 Å². The van der Waals surface area contributed by atoms with Crippen molar-refractivity contribution < 1.29 is 5.11 Å². The van der Waals surface area contributed by atoms with Gasteiger partial charge < -0.3 is 5.11 Å². The Balaban J connectivity index is 0.000000310. The summed E-state index contributed by atoms with van der Waals surface area (Å²) in [6.45, 7) is 8.25. The van der Waals surface area contributed by atoms with Gasteiger partial charge in [-0.25, -0.2) is 0 Å². The van der Waals surface area contributed by atoms with E-state index in [9.17, 15) is 0 Å². The summed E-state index contributed by atoms with van der Waals surface area (Å²) < 4.78 is 0. The summed E-state index contributed by atoms with van der Waals surface area (Å²) >= 11 is 0. The van der Waals surface area contributed by atoms with Gasteiger partial charge in [-0.15, -0.1) is 0 Å². The average Bonchev–Trinajstić information content (AvgIpc) is 2.14. The Labute approximate surface area is 81.4 Å². The molecule has 0 unspecified atom stereocenters. The molecule has 0 heterocycles. The van der Waals surface area contributed by atoms with E-state index in [1.54, 1.807) is 6.07 Å². The van der Waals surface area contributed by atoms with Crippen LogP contribution in [-0.2, 0) is 0 Å². The Kier molecular flexibility index (Phi) is 6.03. The number of aryl methyl sites for hydroxylation is 1. The second-order valence-electron chi connectivity index (χ2n) is 3.22. The number of benzene rings is 1. The van der Waals surface area contributed by atoms with E-state index in [1.807, 2.05) is 26.0 Å². The molecular formula is C12H20O. The lowest BCUT2D eigenvalue weighted by Crippen LogP contribution is -1.78. The van der Waals surface area contributed by atoms with Crippen LogP contribution in [0.15, 0.2) is 18.2 Å². The molecule has 0 aliphatic heterocycles. The Morgan fingerprint density at radius 1 is 1.08 bits per heavy atom. The predicted octanol–water partition coefficient (Wildman–Crippen LogP) is 3.82. The molecule has 74 valence electrons. The maximum absolute atomic E-state index is 9.10. The second-order valence-corrected chi connectivity index (χ2v) is 3.22. The third-order valence-corrected chi connectivity index (χ3v) is 2.08. The Hall–Kier alpha value is -0.980. The zero-order valence-electron chi connectivity index (χ0n) is 9.09. The molecule has 1 heteroatoms. The molecule has 0 saturated carbocycles. The third kappa shape index (κ3) is 4.56. The topological polar surface area (TPSA) is 20.2 Å². The standard InChI is InChI=1S/C8H10O.C4H10/c1-6-4-3-5-8(9)7(6)2;1-3-4-2/h3-5,9H,1-2H3;3-4H2,1-2H3. The summed E-state index contributed by atoms with van der Waals surface area (Å²) in [5, 5.41) is 9.10. The first-order valence-electron chi connectivity index (χ1n) is 4.88. The van der Waals surface area contributed by atoms with Crippen molar-refractivity contribution in [1.82, 2.24) is 0 Å². The van der Waals surface area contributed by atoms with Crippen molar-refractivity contribution in [3.8, 4) is 5.75 Å². The van der Waals surface area contributed by atoms with Crippen LogP contribution in [0.25, 0.3) is 0 Å². The zero-order chi connectivity index (χ0) is 10.3. The molecule has 1 aromatic carbocycles. The van der Waals surface area contributed by atoms with Crippen LogP contribution in [0.2, 0.25) is 0 Å². The number of hydrogen-bond donors (Lipinski definition) is 1. The monoisotopic (exact) mass is 180 g/mol. The molecule has 0 saturated heterocycles. The Morgan fingerprint density at radius 2 is 1.62 bits per heavy atom. The van der Waals surface area contributed by atoms with Gasteiger partial charge in [0.2, 0.25) is 0 Å². The van der Waals surface area contributed by atoms with Crippen LogP contribution < -0.4 is 0 Å². The lowest BCUT2D eigenvalue weighted by molar-refractivity contribution is 0.470. The lowest BCUT2D eigenvalue weighted by atomic mass is 10.1. The van der Waals surface area contributed by atoms with Gasteiger partial charge in [0.05, 0.1) is 0 Å². The molecule has 0 aliphatic rings. The highest BCUT2D eigenvalue weighted by molar-refractivity contribution is 5.36. The van der Waals surface area contributed by atoms with Crippen LogP contribution >= 0.6 is 0 Å². The molecule has 0 fully saturated rings. The SMILES string of the molecule is CCCC.Cc1cccc(O)c1C. The van der Waals surface area contributed by atoms with Crippen LogP contribution in [0.5, 0.6) is 5.75 Å². The number of phenolic OH excluding ortho intramolecular Hbond substituents is 1. The smallest absolute Gasteiger partial charge is 0.118 e. The molecule has 0 aliphatic carbocycles. The van der Waals surface area contributed by atoms with E-state index in [-0.39, 0.29) is 0 Å². The minimum absolute atomic E-state index is 0.384. The number of unbranched alkanes of at least 4 members (excludes halogenated alkanes) is 1. The van der Waals surface area contributed by atoms with Gasteiger partial charge in [-0.2, -0.15) is 0 Å². The van der Waals surface area contributed by atoms with Gasteiger partial charge >= 0.3 is 0 Å². The van der Waals surface area contributed by atoms with Gasteiger partial charge in [0.15, 0.2) is 0 Å². The number of hydrogen-bond acceptors (Lipinski definition) is 1. The van der Waals surface area contributed by atoms with Crippen molar-refractivity contribution in [2.75, 3.05) is 0 Å². The molecular weight excluding hydrogens is 160 g/mol. The molecule has 0 amide bonds. The molecule has 0 bridgehead atoms. The van der Waals surface area contributed by atoms with E-state index in [4.69, 9.17) is 5.11 Å². The van der Waals surface area contributed by atoms with Crippen molar-refractivity contribution in [1.29, 1.82) is 0 Å². The summed E-state index contributed by atoms with van der Waals surface area (Å²) in [6, 6.07) is 5.52. The summed E-state index contributed by atoms with van der Waals surface area (Å²) in [7, 11) is 0. The first-order valence-corrected chi connectivity index (χ1v) is 4.88. The van der Waals surface area contributed by atoms with Crippen LogP contribution in [0.3, 0.4) is 0 Å². The fraction of sp³-hybridized carbons (Fsp3) is 0.500. The quantitative estimate of drug-likeness (QED) is 0.696. The summed E-state index contributed by atoms with van der Waals surface area (Å²) in [5.74, 6) is 0.384. The molecule has 1 rings (SSSR count). The maximum Gasteiger partial charge on any atom is 0.118 e. The highest BCUT2D eigenvalue weighted by atomic mass is 16.3. The molecule has 1 nitrogen and oxygen atoms in total. The minimum Gasteiger partial charge on any atom is -0.508 e. The highest BCUT2D eigenvalue weighted by Crippen LogP contribution is 2.17. The van der Waals surface area contributed by atoms with Gasteiger partial charge in [-0.1, -0.05) is 38.8 Å². The van der Waals surface area contributed by atoms with Gasteiger partial charge in [0.25, 0.3) is 0 Å². The largest absolute Gasteiger partial charge is 0.508 e. The highest BCUT2D eigenvalue weighted by Gasteiger charge is 1.94. The summed E-state index contributed by atoms with van der Waals surface area (Å²) in [4.78, 5) is 0. The normalized spacial score (nSPS) is 8.92. The minimum atomic E-state index is 0.384. The van der Waals surface area contributed by atoms with E-state index in [0.717, 1.165) is 11.1 Å². The van der Waals surface area contributed by atoms with Crippen LogP contribution in [0, 0.1) is 13.8 Å². The van der Waals surface area contributed by atoms with E-state index in [1.165, 1.54) is 12.8 Å². The van der Waals surface area contributed by atoms with Crippen molar-refractivity contribution in [2.24, 2.45) is 0 Å². The molecule has 0 atom stereocenters. The zero-order valence-corrected chi connectivity index (χ0v) is 9.09. The Morgan fingerprint density at radius 3 is 1.92 bits per heavy atom. The number of rotatable bonds is 1. The van der Waals surface area contributed by atoms with Crippen molar-refractivity contribution >= 4 is 0 Å². The van der Waals surface area contributed by atoms with Gasteiger partial charge in [-0.05, 0) is 31.0 Å². The van der Waals surface area contributed by atoms with Crippen LogP contribution in [-0.4, -0.2) is 5.11 Å². The van der Waals surface area contributed by atoms with Crippen molar-refractivity contribution in [2.45, 2.75) is 40.5 Å². The van der Waals surface area contributed by atoms with Crippen molar-refractivity contribution in [3.63, 3.8) is 0 Å². The first kappa shape index (κ1) is 12.0. The average molecular weight is 180 g/mol. The molecule has 13 heavy (non-hydrogen) atoms. The van der Waals surface area contributed by atoms with Crippen LogP contribution in [0.4, 0.5) is 0 Å². The number of aromatic hydroxyl groups is 1. The van der Waals surface area contributed by atoms with Gasteiger partial charge in [0.1, 0.15) is 5.75 Å².